The minimum atomic E-state index is -1.06. The number of hydrogen-bond acceptors (Lipinski definition) is 3. The lowest BCUT2D eigenvalue weighted by Gasteiger charge is -2.56. The molecule has 0 aromatic rings. The molecule has 2 saturated carbocycles. The Morgan fingerprint density at radius 2 is 2.00 bits per heavy atom. The SMILES string of the molecule is C#C[C@]1(O)C=C[C@H]2[C@@H]3CCC4=CC5(CC[C@@H]4[C@H]3CC[C@@]21CC)OCCO5. The van der Waals surface area contributed by atoms with Crippen LogP contribution in [0.15, 0.2) is 23.8 Å². The van der Waals surface area contributed by atoms with Gasteiger partial charge in [0.25, 0.3) is 0 Å². The number of aliphatic hydroxyl groups is 1. The minimum absolute atomic E-state index is 0.155. The first-order valence-electron chi connectivity index (χ1n) is 10.5. The zero-order valence-electron chi connectivity index (χ0n) is 15.7. The molecule has 0 aromatic carbocycles. The first-order valence-corrected chi connectivity index (χ1v) is 10.5. The maximum atomic E-state index is 11.1. The second-order valence-electron chi connectivity index (χ2n) is 9.08. The number of rotatable bonds is 1. The fraction of sp³-hybridized carbons (Fsp3) is 0.739. The molecule has 1 saturated heterocycles. The fourth-order valence-electron chi connectivity index (χ4n) is 7.21. The molecular formula is C23H30O3. The van der Waals surface area contributed by atoms with Crippen molar-refractivity contribution in [1.82, 2.24) is 0 Å². The van der Waals surface area contributed by atoms with Gasteiger partial charge >= 0.3 is 0 Å². The Morgan fingerprint density at radius 1 is 1.19 bits per heavy atom. The minimum Gasteiger partial charge on any atom is -0.373 e. The molecule has 1 spiro atoms. The molecule has 1 heterocycles. The molecule has 4 aliphatic carbocycles. The van der Waals surface area contributed by atoms with Crippen molar-refractivity contribution in [2.75, 3.05) is 13.2 Å². The predicted molar refractivity (Wildman–Crippen MR) is 100 cm³/mol. The van der Waals surface area contributed by atoms with Gasteiger partial charge in [-0.05, 0) is 74.3 Å². The molecule has 3 heteroatoms. The van der Waals surface area contributed by atoms with E-state index in [1.807, 2.05) is 6.08 Å². The predicted octanol–water partition coefficient (Wildman–Crippen LogP) is 3.83. The topological polar surface area (TPSA) is 38.7 Å². The van der Waals surface area contributed by atoms with E-state index in [0.717, 1.165) is 38.9 Å². The van der Waals surface area contributed by atoms with Crippen LogP contribution in [0.3, 0.4) is 0 Å². The van der Waals surface area contributed by atoms with Gasteiger partial charge in [-0.3, -0.25) is 0 Å². The van der Waals surface area contributed by atoms with E-state index in [-0.39, 0.29) is 5.41 Å². The molecule has 140 valence electrons. The van der Waals surface area contributed by atoms with E-state index in [1.54, 1.807) is 5.57 Å². The summed E-state index contributed by atoms with van der Waals surface area (Å²) in [5, 5.41) is 11.1. The van der Waals surface area contributed by atoms with Crippen LogP contribution < -0.4 is 0 Å². The second-order valence-corrected chi connectivity index (χ2v) is 9.08. The van der Waals surface area contributed by atoms with Gasteiger partial charge in [0.1, 0.15) is 5.60 Å². The standard InChI is InChI=1S/C23H30O3/c1-3-21-10-7-18-17-8-12-23(25-13-14-26-23)15-16(17)5-6-19(18)20(21)9-11-22(21,24)4-2/h2,9,11,15,17-20,24H,3,5-8,10,12-14H2,1H3/t17-,18+,19+,20-,21-,22-/m0/s1. The molecule has 26 heavy (non-hydrogen) atoms. The Kier molecular flexibility index (Phi) is 3.74. The summed E-state index contributed by atoms with van der Waals surface area (Å²) in [6, 6.07) is 0. The smallest absolute Gasteiger partial charge is 0.188 e. The lowest BCUT2D eigenvalue weighted by molar-refractivity contribution is -0.137. The van der Waals surface area contributed by atoms with Crippen LogP contribution in [-0.2, 0) is 9.47 Å². The van der Waals surface area contributed by atoms with Crippen molar-refractivity contribution < 1.29 is 14.6 Å². The molecule has 0 bridgehead atoms. The van der Waals surface area contributed by atoms with Crippen LogP contribution in [0.4, 0.5) is 0 Å². The van der Waals surface area contributed by atoms with E-state index in [4.69, 9.17) is 15.9 Å². The molecule has 1 aliphatic heterocycles. The van der Waals surface area contributed by atoms with E-state index >= 15 is 0 Å². The Hall–Kier alpha value is -1.08. The molecule has 3 nitrogen and oxygen atoms in total. The summed E-state index contributed by atoms with van der Waals surface area (Å²) in [6.07, 6.45) is 20.0. The molecule has 3 fully saturated rings. The Bertz CT molecular complexity index is 695. The average molecular weight is 354 g/mol. The third-order valence-electron chi connectivity index (χ3n) is 8.47. The van der Waals surface area contributed by atoms with E-state index < -0.39 is 11.4 Å². The molecule has 5 aliphatic rings. The van der Waals surface area contributed by atoms with Gasteiger partial charge in [-0.1, -0.05) is 24.5 Å². The van der Waals surface area contributed by atoms with Crippen LogP contribution in [-0.4, -0.2) is 29.7 Å². The highest BCUT2D eigenvalue weighted by molar-refractivity contribution is 5.36. The number of allylic oxidation sites excluding steroid dienone is 2. The average Bonchev–Trinajstić information content (AvgIpc) is 3.24. The highest BCUT2D eigenvalue weighted by Crippen LogP contribution is 2.64. The molecule has 1 N–H and O–H groups in total. The number of hydrogen-bond donors (Lipinski definition) is 1. The number of terminal acetylenes is 1. The van der Waals surface area contributed by atoms with Crippen molar-refractivity contribution in [1.29, 1.82) is 0 Å². The lowest BCUT2D eigenvalue weighted by atomic mass is 9.49. The molecule has 0 aromatic heterocycles. The molecule has 0 amide bonds. The monoisotopic (exact) mass is 354 g/mol. The van der Waals surface area contributed by atoms with E-state index in [0.29, 0.717) is 23.7 Å². The summed E-state index contributed by atoms with van der Waals surface area (Å²) in [5.74, 6) is 4.76. The van der Waals surface area contributed by atoms with E-state index in [2.05, 4.69) is 25.0 Å². The largest absolute Gasteiger partial charge is 0.373 e. The van der Waals surface area contributed by atoms with Crippen LogP contribution >= 0.6 is 0 Å². The normalized spacial score (nSPS) is 48.4. The third kappa shape index (κ3) is 2.07. The van der Waals surface area contributed by atoms with Crippen molar-refractivity contribution in [3.8, 4) is 12.3 Å². The summed E-state index contributed by atoms with van der Waals surface area (Å²) in [4.78, 5) is 0. The molecule has 0 radical (unpaired) electrons. The molecular weight excluding hydrogens is 324 g/mol. The summed E-state index contributed by atoms with van der Waals surface area (Å²) >= 11 is 0. The van der Waals surface area contributed by atoms with Crippen molar-refractivity contribution in [3.05, 3.63) is 23.8 Å². The Morgan fingerprint density at radius 3 is 2.73 bits per heavy atom. The van der Waals surface area contributed by atoms with E-state index in [9.17, 15) is 5.11 Å². The van der Waals surface area contributed by atoms with Gasteiger partial charge in [-0.25, -0.2) is 0 Å². The Labute approximate surface area is 156 Å². The van der Waals surface area contributed by atoms with Gasteiger partial charge < -0.3 is 14.6 Å². The maximum Gasteiger partial charge on any atom is 0.188 e. The fourth-order valence-corrected chi connectivity index (χ4v) is 7.21. The van der Waals surface area contributed by atoms with Crippen LogP contribution in [0.1, 0.15) is 51.9 Å². The zero-order chi connectivity index (χ0) is 18.0. The quantitative estimate of drug-likeness (QED) is 0.574. The van der Waals surface area contributed by atoms with Gasteiger partial charge in [0.05, 0.1) is 13.2 Å². The summed E-state index contributed by atoms with van der Waals surface area (Å²) in [6.45, 7) is 3.64. The van der Waals surface area contributed by atoms with Gasteiger partial charge in [-0.2, -0.15) is 0 Å². The molecule has 6 atom stereocenters. The van der Waals surface area contributed by atoms with Crippen molar-refractivity contribution in [2.24, 2.45) is 29.1 Å². The van der Waals surface area contributed by atoms with E-state index in [1.165, 1.54) is 19.3 Å². The van der Waals surface area contributed by atoms with Crippen LogP contribution in [0, 0.1) is 41.4 Å². The van der Waals surface area contributed by atoms with Crippen LogP contribution in [0.5, 0.6) is 0 Å². The van der Waals surface area contributed by atoms with Gasteiger partial charge in [0.15, 0.2) is 5.79 Å². The highest BCUT2D eigenvalue weighted by Gasteiger charge is 2.61. The van der Waals surface area contributed by atoms with Crippen molar-refractivity contribution in [3.63, 3.8) is 0 Å². The number of ether oxygens (including phenoxy) is 2. The third-order valence-corrected chi connectivity index (χ3v) is 8.47. The van der Waals surface area contributed by atoms with Gasteiger partial charge in [0.2, 0.25) is 0 Å². The van der Waals surface area contributed by atoms with Crippen LogP contribution in [0.2, 0.25) is 0 Å². The second kappa shape index (κ2) is 5.71. The summed E-state index contributed by atoms with van der Waals surface area (Å²) in [7, 11) is 0. The van der Waals surface area contributed by atoms with Crippen molar-refractivity contribution in [2.45, 2.75) is 63.3 Å². The van der Waals surface area contributed by atoms with Crippen molar-refractivity contribution >= 4 is 0 Å². The lowest BCUT2D eigenvalue weighted by Crippen LogP contribution is -2.54. The first kappa shape index (κ1) is 17.0. The van der Waals surface area contributed by atoms with Gasteiger partial charge in [-0.15, -0.1) is 6.42 Å². The number of fused-ring (bicyclic) bond motifs is 5. The van der Waals surface area contributed by atoms with Gasteiger partial charge in [0, 0.05) is 11.8 Å². The molecule has 5 rings (SSSR count). The first-order chi connectivity index (χ1) is 12.6. The summed E-state index contributed by atoms with van der Waals surface area (Å²) < 4.78 is 11.9. The Balaban J connectivity index is 1.45. The summed E-state index contributed by atoms with van der Waals surface area (Å²) in [5.41, 5.74) is 0.352. The molecule has 0 unspecified atom stereocenters. The highest BCUT2D eigenvalue weighted by atomic mass is 16.7. The zero-order valence-corrected chi connectivity index (χ0v) is 15.7. The maximum absolute atomic E-state index is 11.1. The van der Waals surface area contributed by atoms with Crippen LogP contribution in [0.25, 0.3) is 0 Å².